The Morgan fingerprint density at radius 1 is 1.62 bits per heavy atom. The minimum atomic E-state index is 0.275. The fourth-order valence-electron chi connectivity index (χ4n) is 2.03. The molecule has 0 radical (unpaired) electrons. The van der Waals surface area contributed by atoms with Crippen LogP contribution >= 0.6 is 0 Å². The van der Waals surface area contributed by atoms with Crippen LogP contribution in [0.1, 0.15) is 11.1 Å². The van der Waals surface area contributed by atoms with Crippen LogP contribution in [0.5, 0.6) is 0 Å². The Morgan fingerprint density at radius 3 is 3.12 bits per heavy atom. The van der Waals surface area contributed by atoms with Gasteiger partial charge in [-0.2, -0.15) is 0 Å². The molecule has 1 atom stereocenters. The molecule has 1 aromatic rings. The summed E-state index contributed by atoms with van der Waals surface area (Å²) in [6, 6.07) is 2.29. The van der Waals surface area contributed by atoms with Gasteiger partial charge in [-0.15, -0.1) is 0 Å². The summed E-state index contributed by atoms with van der Waals surface area (Å²) in [6.07, 6.45) is 3.70. The Morgan fingerprint density at radius 2 is 2.44 bits per heavy atom. The van der Waals surface area contributed by atoms with Gasteiger partial charge in [0.05, 0.1) is 19.3 Å². The standard InChI is InChI=1S/C13H18N2O/c1-10-4-5-14-8-12(10)11(2)13-9-16-7-6-15(13)3/h4-5,8,13H,2,6-7,9H2,1,3H3/t13-/m1/s1. The first kappa shape index (κ1) is 11.3. The maximum absolute atomic E-state index is 5.51. The quantitative estimate of drug-likeness (QED) is 0.756. The van der Waals surface area contributed by atoms with Crippen LogP contribution in [0.2, 0.25) is 0 Å². The SMILES string of the molecule is C=C(c1cnccc1C)[C@H]1COCCN1C. The molecule has 3 nitrogen and oxygen atoms in total. The van der Waals surface area contributed by atoms with E-state index in [9.17, 15) is 0 Å². The van der Waals surface area contributed by atoms with Crippen molar-refractivity contribution in [3.63, 3.8) is 0 Å². The zero-order chi connectivity index (χ0) is 11.5. The molecule has 1 aliphatic heterocycles. The van der Waals surface area contributed by atoms with Crippen molar-refractivity contribution in [1.29, 1.82) is 0 Å². The van der Waals surface area contributed by atoms with E-state index in [0.717, 1.165) is 30.9 Å². The monoisotopic (exact) mass is 218 g/mol. The van der Waals surface area contributed by atoms with Crippen molar-refractivity contribution >= 4 is 5.57 Å². The second kappa shape index (κ2) is 4.76. The van der Waals surface area contributed by atoms with Crippen LogP contribution in [0.25, 0.3) is 5.57 Å². The molecule has 0 saturated carbocycles. The molecule has 0 aromatic carbocycles. The van der Waals surface area contributed by atoms with Gasteiger partial charge in [0.15, 0.2) is 0 Å². The Balaban J connectivity index is 2.21. The molecule has 0 unspecified atom stereocenters. The van der Waals surface area contributed by atoms with Crippen LogP contribution in [-0.2, 0) is 4.74 Å². The third-order valence-electron chi connectivity index (χ3n) is 3.18. The molecule has 0 spiro atoms. The number of hydrogen-bond acceptors (Lipinski definition) is 3. The van der Waals surface area contributed by atoms with Crippen LogP contribution in [0.15, 0.2) is 25.0 Å². The number of ether oxygens (including phenoxy) is 1. The molecule has 0 N–H and O–H groups in total. The Bertz CT molecular complexity index is 389. The van der Waals surface area contributed by atoms with Gasteiger partial charge >= 0.3 is 0 Å². The van der Waals surface area contributed by atoms with E-state index in [4.69, 9.17) is 4.74 Å². The molecular weight excluding hydrogens is 200 g/mol. The van der Waals surface area contributed by atoms with Crippen LogP contribution in [0, 0.1) is 6.92 Å². The molecule has 0 amide bonds. The van der Waals surface area contributed by atoms with Crippen molar-refractivity contribution in [2.24, 2.45) is 0 Å². The summed E-state index contributed by atoms with van der Waals surface area (Å²) in [5.41, 5.74) is 3.47. The van der Waals surface area contributed by atoms with E-state index < -0.39 is 0 Å². The minimum absolute atomic E-state index is 0.275. The second-order valence-electron chi connectivity index (χ2n) is 4.29. The van der Waals surface area contributed by atoms with Gasteiger partial charge in [-0.25, -0.2) is 0 Å². The number of aromatic nitrogens is 1. The average molecular weight is 218 g/mol. The number of hydrogen-bond donors (Lipinski definition) is 0. The average Bonchev–Trinajstić information content (AvgIpc) is 2.29. The fraction of sp³-hybridized carbons (Fsp3) is 0.462. The molecule has 3 heteroatoms. The molecule has 2 heterocycles. The first-order chi connectivity index (χ1) is 7.70. The summed E-state index contributed by atoms with van der Waals surface area (Å²) < 4.78 is 5.51. The molecule has 2 rings (SSSR count). The van der Waals surface area contributed by atoms with Crippen molar-refractivity contribution < 1.29 is 4.74 Å². The number of aryl methyl sites for hydroxylation is 1. The lowest BCUT2D eigenvalue weighted by Crippen LogP contribution is -2.43. The summed E-state index contributed by atoms with van der Waals surface area (Å²) in [7, 11) is 2.12. The van der Waals surface area contributed by atoms with E-state index >= 15 is 0 Å². The van der Waals surface area contributed by atoms with E-state index in [-0.39, 0.29) is 6.04 Å². The van der Waals surface area contributed by atoms with Gasteiger partial charge in [0.25, 0.3) is 0 Å². The van der Waals surface area contributed by atoms with Crippen LogP contribution in [0.3, 0.4) is 0 Å². The summed E-state index contributed by atoms with van der Waals surface area (Å²) in [4.78, 5) is 6.46. The van der Waals surface area contributed by atoms with Crippen molar-refractivity contribution in [3.05, 3.63) is 36.2 Å². The van der Waals surface area contributed by atoms with E-state index in [1.165, 1.54) is 5.56 Å². The Hall–Kier alpha value is -1.19. The molecular formula is C13H18N2O. The summed E-state index contributed by atoms with van der Waals surface area (Å²) in [5.74, 6) is 0. The smallest absolute Gasteiger partial charge is 0.0664 e. The van der Waals surface area contributed by atoms with Crippen molar-refractivity contribution in [3.8, 4) is 0 Å². The maximum atomic E-state index is 5.51. The highest BCUT2D eigenvalue weighted by Gasteiger charge is 2.23. The topological polar surface area (TPSA) is 25.4 Å². The zero-order valence-electron chi connectivity index (χ0n) is 9.94. The lowest BCUT2D eigenvalue weighted by molar-refractivity contribution is 0.0269. The first-order valence-electron chi connectivity index (χ1n) is 5.58. The van der Waals surface area contributed by atoms with E-state index in [1.54, 1.807) is 0 Å². The predicted octanol–water partition coefficient (Wildman–Crippen LogP) is 1.73. The molecule has 86 valence electrons. The molecule has 16 heavy (non-hydrogen) atoms. The van der Waals surface area contributed by atoms with Crippen molar-refractivity contribution in [1.82, 2.24) is 9.88 Å². The third-order valence-corrected chi connectivity index (χ3v) is 3.18. The number of nitrogens with zero attached hydrogens (tertiary/aromatic N) is 2. The minimum Gasteiger partial charge on any atom is -0.378 e. The third kappa shape index (κ3) is 2.15. The summed E-state index contributed by atoms with van der Waals surface area (Å²) in [6.45, 7) is 8.79. The van der Waals surface area contributed by atoms with Gasteiger partial charge in [0.1, 0.15) is 0 Å². The van der Waals surface area contributed by atoms with Crippen LogP contribution in [0.4, 0.5) is 0 Å². The van der Waals surface area contributed by atoms with Gasteiger partial charge < -0.3 is 4.74 Å². The molecule has 0 aliphatic carbocycles. The van der Waals surface area contributed by atoms with Crippen LogP contribution in [-0.4, -0.2) is 42.7 Å². The zero-order valence-corrected chi connectivity index (χ0v) is 9.94. The highest BCUT2D eigenvalue weighted by Crippen LogP contribution is 2.23. The number of likely N-dealkylation sites (N-methyl/N-ethyl adjacent to an activating group) is 1. The summed E-state index contributed by atoms with van der Waals surface area (Å²) in [5, 5.41) is 0. The molecule has 1 saturated heterocycles. The van der Waals surface area contributed by atoms with Crippen molar-refractivity contribution in [2.75, 3.05) is 26.8 Å². The second-order valence-corrected chi connectivity index (χ2v) is 4.29. The highest BCUT2D eigenvalue weighted by molar-refractivity contribution is 5.69. The van der Waals surface area contributed by atoms with E-state index in [1.807, 2.05) is 18.5 Å². The highest BCUT2D eigenvalue weighted by atomic mass is 16.5. The van der Waals surface area contributed by atoms with Gasteiger partial charge in [-0.1, -0.05) is 6.58 Å². The number of rotatable bonds is 2. The van der Waals surface area contributed by atoms with E-state index in [0.29, 0.717) is 0 Å². The van der Waals surface area contributed by atoms with Crippen molar-refractivity contribution in [2.45, 2.75) is 13.0 Å². The van der Waals surface area contributed by atoms with Gasteiger partial charge in [-0.3, -0.25) is 9.88 Å². The molecule has 0 bridgehead atoms. The van der Waals surface area contributed by atoms with Gasteiger partial charge in [-0.05, 0) is 36.7 Å². The molecule has 1 aromatic heterocycles. The Labute approximate surface area is 96.7 Å². The molecule has 1 aliphatic rings. The largest absolute Gasteiger partial charge is 0.378 e. The molecule has 1 fully saturated rings. The first-order valence-corrected chi connectivity index (χ1v) is 5.58. The maximum Gasteiger partial charge on any atom is 0.0664 e. The number of morpholine rings is 1. The lowest BCUT2D eigenvalue weighted by atomic mass is 9.97. The van der Waals surface area contributed by atoms with E-state index in [2.05, 4.69) is 30.4 Å². The predicted molar refractivity (Wildman–Crippen MR) is 65.2 cm³/mol. The summed E-state index contributed by atoms with van der Waals surface area (Å²) >= 11 is 0. The van der Waals surface area contributed by atoms with Crippen LogP contribution < -0.4 is 0 Å². The lowest BCUT2D eigenvalue weighted by Gasteiger charge is -2.34. The normalized spacial score (nSPS) is 22.0. The fourth-order valence-corrected chi connectivity index (χ4v) is 2.03. The van der Waals surface area contributed by atoms with Gasteiger partial charge in [0, 0.05) is 18.9 Å². The van der Waals surface area contributed by atoms with Gasteiger partial charge in [0.2, 0.25) is 0 Å². The Kier molecular flexibility index (Phi) is 3.36. The number of pyridine rings is 1.